The third kappa shape index (κ3) is 3.89. The molecule has 7 heteroatoms. The zero-order valence-electron chi connectivity index (χ0n) is 15.1. The van der Waals surface area contributed by atoms with Crippen molar-refractivity contribution in [1.82, 2.24) is 4.98 Å². The van der Waals surface area contributed by atoms with Gasteiger partial charge in [-0.15, -0.1) is 0 Å². The molecule has 0 unspecified atom stereocenters. The van der Waals surface area contributed by atoms with Crippen LogP contribution < -0.4 is 9.64 Å². The molecular formula is C21H17FN2O3S. The molecule has 0 saturated carbocycles. The van der Waals surface area contributed by atoms with Gasteiger partial charge in [-0.25, -0.2) is 9.37 Å². The Morgan fingerprint density at radius 2 is 2.04 bits per heavy atom. The van der Waals surface area contributed by atoms with Crippen LogP contribution in [0.1, 0.15) is 11.3 Å². The van der Waals surface area contributed by atoms with E-state index in [0.717, 1.165) is 11.3 Å². The molecule has 0 bridgehead atoms. The summed E-state index contributed by atoms with van der Waals surface area (Å²) in [5.41, 5.74) is 1.52. The zero-order chi connectivity index (χ0) is 19.5. The fourth-order valence-electron chi connectivity index (χ4n) is 2.84. The predicted molar refractivity (Wildman–Crippen MR) is 106 cm³/mol. The first-order chi connectivity index (χ1) is 13.6. The number of aromatic nitrogens is 1. The highest BCUT2D eigenvalue weighted by atomic mass is 32.1. The Kier molecular flexibility index (Phi) is 5.08. The second-order valence-corrected chi connectivity index (χ2v) is 7.20. The van der Waals surface area contributed by atoms with E-state index in [1.54, 1.807) is 36.5 Å². The van der Waals surface area contributed by atoms with E-state index in [4.69, 9.17) is 9.15 Å². The van der Waals surface area contributed by atoms with Crippen LogP contribution >= 0.6 is 11.3 Å². The Bertz CT molecular complexity index is 1090. The molecule has 0 saturated heterocycles. The van der Waals surface area contributed by atoms with Gasteiger partial charge in [-0.1, -0.05) is 23.5 Å². The van der Waals surface area contributed by atoms with Crippen LogP contribution in [0.3, 0.4) is 0 Å². The molecule has 5 nitrogen and oxygen atoms in total. The van der Waals surface area contributed by atoms with E-state index in [9.17, 15) is 9.18 Å². The fraction of sp³-hybridized carbons (Fsp3) is 0.143. The number of rotatable bonds is 6. The number of nitrogens with zero attached hydrogens (tertiary/aromatic N) is 2. The van der Waals surface area contributed by atoms with Crippen molar-refractivity contribution in [2.45, 2.75) is 13.0 Å². The Balaban J connectivity index is 1.64. The van der Waals surface area contributed by atoms with Gasteiger partial charge in [0.1, 0.15) is 17.3 Å². The molecule has 2 heterocycles. The molecule has 0 spiro atoms. The van der Waals surface area contributed by atoms with Crippen LogP contribution in [0.4, 0.5) is 9.52 Å². The van der Waals surface area contributed by atoms with Crippen LogP contribution in [0.25, 0.3) is 10.2 Å². The molecule has 0 fully saturated rings. The van der Waals surface area contributed by atoms with E-state index in [2.05, 4.69) is 4.98 Å². The van der Waals surface area contributed by atoms with Crippen LogP contribution in [0.2, 0.25) is 0 Å². The number of fused-ring (bicyclic) bond motifs is 1. The molecule has 0 N–H and O–H groups in total. The highest BCUT2D eigenvalue weighted by molar-refractivity contribution is 7.22. The minimum atomic E-state index is -0.329. The molecule has 142 valence electrons. The molecule has 0 radical (unpaired) electrons. The fourth-order valence-corrected chi connectivity index (χ4v) is 3.84. The summed E-state index contributed by atoms with van der Waals surface area (Å²) >= 11 is 1.28. The lowest BCUT2D eigenvalue weighted by molar-refractivity contribution is -0.118. The lowest BCUT2D eigenvalue weighted by Crippen LogP contribution is -2.31. The number of hydrogen-bond acceptors (Lipinski definition) is 5. The molecular weight excluding hydrogens is 379 g/mol. The van der Waals surface area contributed by atoms with Gasteiger partial charge in [0.05, 0.1) is 36.6 Å². The van der Waals surface area contributed by atoms with Crippen molar-refractivity contribution in [3.63, 3.8) is 0 Å². The smallest absolute Gasteiger partial charge is 0.233 e. The van der Waals surface area contributed by atoms with Gasteiger partial charge in [0.25, 0.3) is 0 Å². The van der Waals surface area contributed by atoms with E-state index in [0.29, 0.717) is 21.1 Å². The van der Waals surface area contributed by atoms with Gasteiger partial charge in [-0.3, -0.25) is 9.69 Å². The Morgan fingerprint density at radius 3 is 2.75 bits per heavy atom. The maximum Gasteiger partial charge on any atom is 0.233 e. The van der Waals surface area contributed by atoms with Crippen LogP contribution in [-0.4, -0.2) is 18.0 Å². The van der Waals surface area contributed by atoms with Gasteiger partial charge >= 0.3 is 0 Å². The number of furan rings is 1. The first-order valence-electron chi connectivity index (χ1n) is 8.64. The van der Waals surface area contributed by atoms with Gasteiger partial charge in [-0.2, -0.15) is 0 Å². The molecule has 0 aliphatic rings. The summed E-state index contributed by atoms with van der Waals surface area (Å²) in [4.78, 5) is 19.2. The van der Waals surface area contributed by atoms with Crippen molar-refractivity contribution in [3.05, 3.63) is 78.0 Å². The SMILES string of the molecule is COc1ccc(CC(=O)N(Cc2ccco2)c2nc3ccc(F)cc3s2)cc1. The van der Waals surface area contributed by atoms with Crippen LogP contribution in [-0.2, 0) is 17.8 Å². The van der Waals surface area contributed by atoms with Gasteiger partial charge in [0, 0.05) is 0 Å². The van der Waals surface area contributed by atoms with Gasteiger partial charge < -0.3 is 9.15 Å². The summed E-state index contributed by atoms with van der Waals surface area (Å²) in [7, 11) is 1.60. The topological polar surface area (TPSA) is 55.6 Å². The maximum absolute atomic E-state index is 13.5. The molecule has 0 atom stereocenters. The van der Waals surface area contributed by atoms with Crippen molar-refractivity contribution in [2.75, 3.05) is 12.0 Å². The third-order valence-electron chi connectivity index (χ3n) is 4.28. The summed E-state index contributed by atoms with van der Waals surface area (Å²) in [5, 5.41) is 0.510. The van der Waals surface area contributed by atoms with Crippen LogP contribution in [0.15, 0.2) is 65.3 Å². The summed E-state index contributed by atoms with van der Waals surface area (Å²) < 4.78 is 24.8. The maximum atomic E-state index is 13.5. The number of benzene rings is 2. The van der Waals surface area contributed by atoms with E-state index in [-0.39, 0.29) is 24.7 Å². The minimum Gasteiger partial charge on any atom is -0.497 e. The Hall–Kier alpha value is -3.19. The highest BCUT2D eigenvalue weighted by Gasteiger charge is 2.21. The van der Waals surface area contributed by atoms with Crippen LogP contribution in [0, 0.1) is 5.82 Å². The lowest BCUT2D eigenvalue weighted by Gasteiger charge is -2.19. The Labute approximate surface area is 165 Å². The average molecular weight is 396 g/mol. The standard InChI is InChI=1S/C21H17FN2O3S/c1-26-16-7-4-14(5-8-16)11-20(25)24(13-17-3-2-10-27-17)21-23-18-9-6-15(22)12-19(18)28-21/h2-10,12H,11,13H2,1H3. The second kappa shape index (κ2) is 7.82. The minimum absolute atomic E-state index is 0.124. The molecule has 0 aliphatic heterocycles. The van der Waals surface area contributed by atoms with Crippen molar-refractivity contribution in [3.8, 4) is 5.75 Å². The summed E-state index contributed by atoms with van der Waals surface area (Å²) in [6.07, 6.45) is 1.77. The highest BCUT2D eigenvalue weighted by Crippen LogP contribution is 2.31. The lowest BCUT2D eigenvalue weighted by atomic mass is 10.1. The summed E-state index contributed by atoms with van der Waals surface area (Å²) in [6.45, 7) is 0.254. The van der Waals surface area contributed by atoms with Gasteiger partial charge in [-0.05, 0) is 48.0 Å². The van der Waals surface area contributed by atoms with Crippen molar-refractivity contribution >= 4 is 32.6 Å². The molecule has 2 aromatic heterocycles. The van der Waals surface area contributed by atoms with E-state index in [1.165, 1.54) is 23.5 Å². The summed E-state index contributed by atoms with van der Waals surface area (Å²) in [5.74, 6) is 0.927. The van der Waals surface area contributed by atoms with E-state index in [1.807, 2.05) is 24.3 Å². The molecule has 4 rings (SSSR count). The van der Waals surface area contributed by atoms with Crippen LogP contribution in [0.5, 0.6) is 5.75 Å². The number of methoxy groups -OCH3 is 1. The Morgan fingerprint density at radius 1 is 1.21 bits per heavy atom. The second-order valence-electron chi connectivity index (χ2n) is 6.19. The van der Waals surface area contributed by atoms with Gasteiger partial charge in [0.15, 0.2) is 5.13 Å². The first kappa shape index (κ1) is 18.2. The quantitative estimate of drug-likeness (QED) is 0.469. The number of carbonyl (C=O) groups excluding carboxylic acids is 1. The largest absolute Gasteiger partial charge is 0.497 e. The van der Waals surface area contributed by atoms with Crippen molar-refractivity contribution < 1.29 is 18.3 Å². The molecule has 28 heavy (non-hydrogen) atoms. The number of amides is 1. The number of anilines is 1. The summed E-state index contributed by atoms with van der Waals surface area (Å²) in [6, 6.07) is 15.3. The van der Waals surface area contributed by atoms with Gasteiger partial charge in [0.2, 0.25) is 5.91 Å². The zero-order valence-corrected chi connectivity index (χ0v) is 15.9. The molecule has 1 amide bonds. The predicted octanol–water partition coefficient (Wildman–Crippen LogP) is 4.81. The van der Waals surface area contributed by atoms with E-state index >= 15 is 0 Å². The van der Waals surface area contributed by atoms with Crippen molar-refractivity contribution in [1.29, 1.82) is 0 Å². The van der Waals surface area contributed by atoms with Crippen molar-refractivity contribution in [2.24, 2.45) is 0 Å². The molecule has 0 aliphatic carbocycles. The number of ether oxygens (including phenoxy) is 1. The monoisotopic (exact) mass is 396 g/mol. The molecule has 2 aromatic carbocycles. The molecule has 4 aromatic rings. The van der Waals surface area contributed by atoms with E-state index < -0.39 is 0 Å². The number of hydrogen-bond donors (Lipinski definition) is 0. The number of thiazole rings is 1. The first-order valence-corrected chi connectivity index (χ1v) is 9.46. The normalized spacial score (nSPS) is 10.9. The average Bonchev–Trinajstić information content (AvgIpc) is 3.35. The third-order valence-corrected chi connectivity index (χ3v) is 5.32. The number of carbonyl (C=O) groups is 1. The number of halogens is 1.